The molecule has 0 aliphatic heterocycles. The Bertz CT molecular complexity index is 440. The minimum absolute atomic E-state index is 0.126. The first kappa shape index (κ1) is 24.3. The van der Waals surface area contributed by atoms with Crippen LogP contribution < -0.4 is 5.32 Å². The summed E-state index contributed by atoms with van der Waals surface area (Å²) in [6.45, 7) is 5.47. The first-order chi connectivity index (χ1) is 12.2. The van der Waals surface area contributed by atoms with E-state index in [4.69, 9.17) is 14.2 Å². The number of aliphatic hydroxyl groups is 2. The predicted octanol–water partition coefficient (Wildman–Crippen LogP) is 0.262. The van der Waals surface area contributed by atoms with Crippen molar-refractivity contribution in [3.05, 3.63) is 0 Å². The fourth-order valence-electron chi connectivity index (χ4n) is 1.99. The van der Waals surface area contributed by atoms with Gasteiger partial charge in [0.2, 0.25) is 12.2 Å². The standard InChI is InChI=1S/C17H31NO8/c1-5-7-15(22)24-10-13(18-12(4)21)17(26-16(23)8-6-2)25-14(9-19)11(3)20/h11,13-14,17,19-20H,5-10H2,1-4H3,(H,18,21)/t11-,13+,14?,17-/m0/s1. The van der Waals surface area contributed by atoms with Crippen molar-refractivity contribution in [3.63, 3.8) is 0 Å². The number of carbonyl (C=O) groups excluding carboxylic acids is 3. The lowest BCUT2D eigenvalue weighted by molar-refractivity contribution is -0.217. The van der Waals surface area contributed by atoms with E-state index in [-0.39, 0.29) is 19.4 Å². The van der Waals surface area contributed by atoms with Crippen LogP contribution in [0.1, 0.15) is 53.4 Å². The summed E-state index contributed by atoms with van der Waals surface area (Å²) in [6, 6.07) is -0.984. The molecule has 9 nitrogen and oxygen atoms in total. The lowest BCUT2D eigenvalue weighted by atomic mass is 10.2. The highest BCUT2D eigenvalue weighted by Gasteiger charge is 2.32. The second kappa shape index (κ2) is 13.5. The zero-order valence-corrected chi connectivity index (χ0v) is 15.9. The molecule has 0 aromatic heterocycles. The van der Waals surface area contributed by atoms with Crippen LogP contribution in [0.2, 0.25) is 0 Å². The largest absolute Gasteiger partial charge is 0.463 e. The van der Waals surface area contributed by atoms with Crippen LogP contribution in [-0.2, 0) is 28.6 Å². The molecule has 0 radical (unpaired) electrons. The van der Waals surface area contributed by atoms with E-state index in [1.165, 1.54) is 13.8 Å². The van der Waals surface area contributed by atoms with Crippen LogP contribution >= 0.6 is 0 Å². The smallest absolute Gasteiger partial charge is 0.308 e. The van der Waals surface area contributed by atoms with E-state index < -0.39 is 49.0 Å². The zero-order chi connectivity index (χ0) is 20.1. The van der Waals surface area contributed by atoms with Gasteiger partial charge in [-0.25, -0.2) is 0 Å². The average Bonchev–Trinajstić information content (AvgIpc) is 2.55. The number of carbonyl (C=O) groups is 3. The van der Waals surface area contributed by atoms with E-state index in [2.05, 4.69) is 5.32 Å². The molecule has 0 aliphatic rings. The first-order valence-corrected chi connectivity index (χ1v) is 8.81. The maximum absolute atomic E-state index is 11.9. The molecule has 0 bridgehead atoms. The van der Waals surface area contributed by atoms with Crippen LogP contribution in [0.5, 0.6) is 0 Å². The Balaban J connectivity index is 5.27. The maximum atomic E-state index is 11.9. The van der Waals surface area contributed by atoms with E-state index >= 15 is 0 Å². The Kier molecular flexibility index (Phi) is 12.6. The van der Waals surface area contributed by atoms with Crippen molar-refractivity contribution in [3.8, 4) is 0 Å². The summed E-state index contributed by atoms with van der Waals surface area (Å²) >= 11 is 0. The molecule has 0 spiro atoms. The fraction of sp³-hybridized carbons (Fsp3) is 0.824. The highest BCUT2D eigenvalue weighted by molar-refractivity contribution is 5.74. The fourth-order valence-corrected chi connectivity index (χ4v) is 1.99. The Morgan fingerprint density at radius 1 is 1.08 bits per heavy atom. The third-order valence-electron chi connectivity index (χ3n) is 3.32. The number of nitrogens with one attached hydrogen (secondary N) is 1. The zero-order valence-electron chi connectivity index (χ0n) is 15.9. The molecule has 0 saturated carbocycles. The van der Waals surface area contributed by atoms with Gasteiger partial charge in [-0.1, -0.05) is 13.8 Å². The van der Waals surface area contributed by atoms with Crippen LogP contribution in [0.25, 0.3) is 0 Å². The van der Waals surface area contributed by atoms with Gasteiger partial charge in [0.25, 0.3) is 0 Å². The van der Waals surface area contributed by atoms with Gasteiger partial charge in [0.05, 0.1) is 12.7 Å². The number of esters is 2. The van der Waals surface area contributed by atoms with Gasteiger partial charge in [-0.15, -0.1) is 0 Å². The quantitative estimate of drug-likeness (QED) is 0.308. The lowest BCUT2D eigenvalue weighted by Crippen LogP contribution is -2.51. The normalized spacial score (nSPS) is 15.5. The van der Waals surface area contributed by atoms with Crippen LogP contribution in [0.4, 0.5) is 0 Å². The summed E-state index contributed by atoms with van der Waals surface area (Å²) in [5, 5.41) is 21.5. The second-order valence-corrected chi connectivity index (χ2v) is 5.95. The van der Waals surface area contributed by atoms with Crippen molar-refractivity contribution in [2.75, 3.05) is 13.2 Å². The summed E-state index contributed by atoms with van der Waals surface area (Å²) in [6.07, 6.45) is -1.95. The summed E-state index contributed by atoms with van der Waals surface area (Å²) in [5.74, 6) is -1.48. The summed E-state index contributed by atoms with van der Waals surface area (Å²) in [7, 11) is 0. The molecule has 1 amide bonds. The summed E-state index contributed by atoms with van der Waals surface area (Å²) < 4.78 is 15.8. The first-order valence-electron chi connectivity index (χ1n) is 8.81. The topological polar surface area (TPSA) is 131 Å². The maximum Gasteiger partial charge on any atom is 0.308 e. The van der Waals surface area contributed by atoms with E-state index in [1.807, 2.05) is 6.92 Å². The molecule has 152 valence electrons. The van der Waals surface area contributed by atoms with Gasteiger partial charge >= 0.3 is 11.9 Å². The molecule has 1 unspecified atom stereocenters. The van der Waals surface area contributed by atoms with E-state index in [0.717, 1.165) is 0 Å². The Morgan fingerprint density at radius 3 is 2.12 bits per heavy atom. The van der Waals surface area contributed by atoms with Gasteiger partial charge in [-0.2, -0.15) is 0 Å². The monoisotopic (exact) mass is 377 g/mol. The van der Waals surface area contributed by atoms with Crippen molar-refractivity contribution >= 4 is 17.8 Å². The molecule has 0 aliphatic carbocycles. The molecule has 0 rings (SSSR count). The minimum Gasteiger partial charge on any atom is -0.463 e. The van der Waals surface area contributed by atoms with Gasteiger partial charge in [-0.3, -0.25) is 14.4 Å². The summed E-state index contributed by atoms with van der Waals surface area (Å²) in [4.78, 5) is 35.0. The molecule has 0 heterocycles. The SMILES string of the molecule is CCCC(=O)OC[C@@H](NC(C)=O)[C@H](OC(=O)CCC)OC(CO)[C@H](C)O. The Labute approximate surface area is 154 Å². The van der Waals surface area contributed by atoms with Gasteiger partial charge in [0.15, 0.2) is 0 Å². The van der Waals surface area contributed by atoms with Crippen LogP contribution in [0.3, 0.4) is 0 Å². The molecule has 0 saturated heterocycles. The number of rotatable bonds is 13. The van der Waals surface area contributed by atoms with E-state index in [9.17, 15) is 24.6 Å². The molecule has 0 aromatic carbocycles. The molecular formula is C17H31NO8. The number of hydrogen-bond donors (Lipinski definition) is 3. The van der Waals surface area contributed by atoms with Crippen molar-refractivity contribution in [1.29, 1.82) is 0 Å². The van der Waals surface area contributed by atoms with Gasteiger partial charge in [0, 0.05) is 19.8 Å². The second-order valence-electron chi connectivity index (χ2n) is 5.95. The lowest BCUT2D eigenvalue weighted by Gasteiger charge is -2.31. The number of amides is 1. The van der Waals surface area contributed by atoms with E-state index in [1.54, 1.807) is 6.92 Å². The third kappa shape index (κ3) is 10.3. The van der Waals surface area contributed by atoms with Crippen molar-refractivity contribution in [1.82, 2.24) is 5.32 Å². The van der Waals surface area contributed by atoms with Crippen LogP contribution in [0, 0.1) is 0 Å². The van der Waals surface area contributed by atoms with Gasteiger partial charge < -0.3 is 29.7 Å². The third-order valence-corrected chi connectivity index (χ3v) is 3.32. The van der Waals surface area contributed by atoms with Crippen LogP contribution in [-0.4, -0.2) is 65.8 Å². The van der Waals surface area contributed by atoms with Gasteiger partial charge in [0.1, 0.15) is 18.8 Å². The molecule has 9 heteroatoms. The van der Waals surface area contributed by atoms with Gasteiger partial charge in [-0.05, 0) is 19.8 Å². The number of hydrogen-bond acceptors (Lipinski definition) is 8. The van der Waals surface area contributed by atoms with Crippen molar-refractivity contribution in [2.24, 2.45) is 0 Å². The van der Waals surface area contributed by atoms with Crippen molar-refractivity contribution < 1.29 is 38.8 Å². The highest BCUT2D eigenvalue weighted by Crippen LogP contribution is 2.12. The average molecular weight is 377 g/mol. The predicted molar refractivity (Wildman–Crippen MR) is 91.9 cm³/mol. The molecule has 0 aromatic rings. The molecule has 4 atom stereocenters. The highest BCUT2D eigenvalue weighted by atomic mass is 16.7. The minimum atomic E-state index is -1.33. The number of aliphatic hydroxyl groups excluding tert-OH is 2. The Morgan fingerprint density at radius 2 is 1.65 bits per heavy atom. The molecule has 0 fully saturated rings. The molecular weight excluding hydrogens is 346 g/mol. The van der Waals surface area contributed by atoms with Crippen LogP contribution in [0.15, 0.2) is 0 Å². The van der Waals surface area contributed by atoms with E-state index in [0.29, 0.717) is 12.8 Å². The van der Waals surface area contributed by atoms with Crippen molar-refractivity contribution in [2.45, 2.75) is 77.9 Å². The Hall–Kier alpha value is -1.71. The molecule has 3 N–H and O–H groups in total. The summed E-state index contributed by atoms with van der Waals surface area (Å²) in [5.41, 5.74) is 0. The number of ether oxygens (including phenoxy) is 3. The molecule has 26 heavy (non-hydrogen) atoms.